The van der Waals surface area contributed by atoms with Crippen molar-refractivity contribution in [2.45, 2.75) is 251 Å². The molecular weight excluding hydrogens is 1260 g/mol. The van der Waals surface area contributed by atoms with E-state index in [0.717, 1.165) is 109 Å². The van der Waals surface area contributed by atoms with Crippen molar-refractivity contribution in [2.24, 2.45) is 0 Å². The number of carbonyl (C=O) groups excluding carboxylic acids is 4. The predicted octanol–water partition coefficient (Wildman–Crippen LogP) is 19.9. The highest BCUT2D eigenvalue weighted by Gasteiger charge is 2.30. The van der Waals surface area contributed by atoms with Crippen LogP contribution in [-0.2, 0) is 65.4 Å². The molecule has 0 fully saturated rings. The summed E-state index contributed by atoms with van der Waals surface area (Å²) >= 11 is 0. The van der Waals surface area contributed by atoms with Crippen molar-refractivity contribution in [2.75, 3.05) is 39.6 Å². The van der Waals surface area contributed by atoms with Gasteiger partial charge in [-0.05, 0) is 116 Å². The van der Waals surface area contributed by atoms with E-state index in [-0.39, 0.29) is 25.7 Å². The quantitative estimate of drug-likeness (QED) is 0.0169. The Hall–Kier alpha value is -5.58. The highest BCUT2D eigenvalue weighted by Crippen LogP contribution is 2.45. The van der Waals surface area contributed by atoms with Gasteiger partial charge in [-0.15, -0.1) is 0 Å². The minimum absolute atomic E-state index is 0.0150. The summed E-state index contributed by atoms with van der Waals surface area (Å²) in [7, 11) is -10.0. The Kier molecular flexibility index (Phi) is 64.0. The summed E-state index contributed by atoms with van der Waals surface area (Å²) in [6.07, 6.45) is 78.7. The summed E-state index contributed by atoms with van der Waals surface area (Å²) in [5.41, 5.74) is 0. The van der Waals surface area contributed by atoms with Gasteiger partial charge in [-0.2, -0.15) is 0 Å². The number of phosphoric acid groups is 2. The van der Waals surface area contributed by atoms with Gasteiger partial charge in [0.2, 0.25) is 0 Å². The van der Waals surface area contributed by atoms with E-state index in [2.05, 4.69) is 143 Å². The van der Waals surface area contributed by atoms with E-state index < -0.39 is 97.5 Å². The van der Waals surface area contributed by atoms with Crippen molar-refractivity contribution in [1.29, 1.82) is 0 Å². The molecule has 0 saturated heterocycles. The first kappa shape index (κ1) is 90.4. The fraction of sp³-hybridized carbons (Fsp3) is 0.584. The van der Waals surface area contributed by atoms with Gasteiger partial charge in [-0.3, -0.25) is 37.3 Å². The van der Waals surface area contributed by atoms with Crippen LogP contribution in [0.1, 0.15) is 233 Å². The van der Waals surface area contributed by atoms with Gasteiger partial charge in [0.15, 0.2) is 12.2 Å². The van der Waals surface area contributed by atoms with E-state index in [0.29, 0.717) is 32.1 Å². The molecule has 0 amide bonds. The molecule has 0 aromatic carbocycles. The van der Waals surface area contributed by atoms with Gasteiger partial charge >= 0.3 is 39.5 Å². The second-order valence-corrected chi connectivity index (χ2v) is 25.6. The van der Waals surface area contributed by atoms with Crippen LogP contribution in [0.15, 0.2) is 170 Å². The van der Waals surface area contributed by atoms with Crippen molar-refractivity contribution in [3.05, 3.63) is 170 Å². The van der Waals surface area contributed by atoms with Crippen molar-refractivity contribution in [3.63, 3.8) is 0 Å². The van der Waals surface area contributed by atoms with E-state index in [1.54, 1.807) is 12.2 Å². The van der Waals surface area contributed by atoms with Gasteiger partial charge in [0, 0.05) is 12.8 Å². The Morgan fingerprint density at radius 3 is 0.885 bits per heavy atom. The standard InChI is InChI=1S/C77H122O17P2/c1-5-9-13-17-21-25-29-32-35-38-42-45-49-53-57-61-74(79)87-67-72(93-76(81)63-59-55-51-47-41-28-24-20-16-12-8-4)69-91-95(83,84)89-65-71(78)66-90-96(85,86)92-70-73(94-77(82)64-60-56-52-48-44-40-37-34-31-27-23-19-15-11-7-3)68-88-75(80)62-58-54-50-46-43-39-36-33-30-26-22-18-14-10-6-2/h9-11,13-15,21-23,25-27,32-37,42-46,48,53-54,57-58,71-73,78H,5-8,12,16-20,24,28-31,38-41,47,49-52,55-56,59-70H2,1-4H3,(H,83,84)(H,85,86)/b13-9-,14-10-,15-11-,25-21-,26-22-,27-23-,35-32-,36-33-,37-34-,45-42-,46-43-,48-44-,57-53-,58-54-. The fourth-order valence-electron chi connectivity index (χ4n) is 8.47. The molecule has 3 N–H and O–H groups in total. The van der Waals surface area contributed by atoms with Crippen molar-refractivity contribution < 1.29 is 80.2 Å². The zero-order valence-corrected chi connectivity index (χ0v) is 60.5. The molecular formula is C77H122O17P2. The average molecular weight is 1380 g/mol. The number of esters is 4. The number of phosphoric ester groups is 2. The molecule has 0 aliphatic carbocycles. The first-order chi connectivity index (χ1) is 46.7. The first-order valence-corrected chi connectivity index (χ1v) is 38.4. The maximum Gasteiger partial charge on any atom is 0.472 e. The van der Waals surface area contributed by atoms with E-state index in [1.165, 1.54) is 38.5 Å². The van der Waals surface area contributed by atoms with E-state index in [1.807, 2.05) is 42.5 Å². The number of allylic oxidation sites excluding steroid dienone is 26. The molecule has 0 aliphatic rings. The van der Waals surface area contributed by atoms with Gasteiger partial charge in [0.25, 0.3) is 0 Å². The van der Waals surface area contributed by atoms with Gasteiger partial charge in [0.1, 0.15) is 19.3 Å². The number of aliphatic hydroxyl groups is 1. The molecule has 0 bridgehead atoms. The topological polar surface area (TPSA) is 237 Å². The Balaban J connectivity index is 5.52. The Morgan fingerprint density at radius 2 is 0.573 bits per heavy atom. The molecule has 96 heavy (non-hydrogen) atoms. The molecule has 0 aromatic heterocycles. The molecule has 0 saturated carbocycles. The van der Waals surface area contributed by atoms with E-state index >= 15 is 0 Å². The lowest BCUT2D eigenvalue weighted by Crippen LogP contribution is -2.30. The van der Waals surface area contributed by atoms with E-state index in [9.17, 15) is 43.2 Å². The van der Waals surface area contributed by atoms with Crippen molar-refractivity contribution in [1.82, 2.24) is 0 Å². The Labute approximate surface area is 578 Å². The number of aliphatic hydroxyl groups excluding tert-OH is 1. The molecule has 19 heteroatoms. The molecule has 0 rings (SSSR count). The van der Waals surface area contributed by atoms with Crippen LogP contribution in [0.5, 0.6) is 0 Å². The van der Waals surface area contributed by atoms with Crippen molar-refractivity contribution in [3.8, 4) is 0 Å². The monoisotopic (exact) mass is 1380 g/mol. The molecule has 5 unspecified atom stereocenters. The lowest BCUT2D eigenvalue weighted by molar-refractivity contribution is -0.161. The maximum atomic E-state index is 13.0. The van der Waals surface area contributed by atoms with E-state index in [4.69, 9.17) is 37.0 Å². The van der Waals surface area contributed by atoms with Crippen LogP contribution < -0.4 is 0 Å². The summed E-state index contributed by atoms with van der Waals surface area (Å²) in [6, 6.07) is 0. The minimum atomic E-state index is -5.01. The molecule has 17 nitrogen and oxygen atoms in total. The third kappa shape index (κ3) is 67.0. The van der Waals surface area contributed by atoms with Gasteiger partial charge in [0.05, 0.1) is 39.3 Å². The Morgan fingerprint density at radius 1 is 0.312 bits per heavy atom. The predicted molar refractivity (Wildman–Crippen MR) is 390 cm³/mol. The maximum absolute atomic E-state index is 13.0. The smallest absolute Gasteiger partial charge is 0.461 e. The number of carbonyl (C=O) groups is 4. The lowest BCUT2D eigenvalue weighted by atomic mass is 10.1. The zero-order chi connectivity index (χ0) is 70.4. The zero-order valence-electron chi connectivity index (χ0n) is 58.7. The second kappa shape index (κ2) is 68.0. The summed E-state index contributed by atoms with van der Waals surface area (Å²) in [6.45, 7) is 4.18. The third-order valence-corrected chi connectivity index (χ3v) is 15.7. The highest BCUT2D eigenvalue weighted by atomic mass is 31.2. The SMILES string of the molecule is CC/C=C\C/C=C\C/C=C\C/C=C\C/C=C\CC(=O)OCC(COP(=O)(O)OCC(O)COP(=O)(O)OCC(COC(=O)C/C=C\C/C=C\C/C=C\C/C=C\C/C=C\CC)OC(=O)CCCCCCCCCCCCC)OC(=O)CCCC/C=C\C/C=C\C/C=C\C/C=C\CC. The highest BCUT2D eigenvalue weighted by molar-refractivity contribution is 7.47. The summed E-state index contributed by atoms with van der Waals surface area (Å²) in [5, 5.41) is 10.6. The fourth-order valence-corrected chi connectivity index (χ4v) is 10.1. The number of hydrogen-bond donors (Lipinski definition) is 3. The molecule has 0 aromatic rings. The van der Waals surface area contributed by atoms with Crippen molar-refractivity contribution >= 4 is 39.5 Å². The summed E-state index contributed by atoms with van der Waals surface area (Å²) in [5.74, 6) is -2.54. The number of unbranched alkanes of at least 4 members (excludes halogenated alkanes) is 12. The number of rotatable bonds is 64. The third-order valence-electron chi connectivity index (χ3n) is 13.8. The van der Waals surface area contributed by atoms with Crippen LogP contribution >= 0.6 is 15.6 Å². The molecule has 542 valence electrons. The summed E-state index contributed by atoms with van der Waals surface area (Å²) in [4.78, 5) is 72.5. The number of hydrogen-bond acceptors (Lipinski definition) is 15. The van der Waals surface area contributed by atoms with Crippen LogP contribution in [-0.4, -0.2) is 96.7 Å². The Bertz CT molecular complexity index is 2500. The van der Waals surface area contributed by atoms with Gasteiger partial charge in [-0.1, -0.05) is 262 Å². The molecule has 0 aliphatic heterocycles. The van der Waals surface area contributed by atoms with Gasteiger partial charge in [-0.25, -0.2) is 9.13 Å². The molecule has 0 spiro atoms. The summed E-state index contributed by atoms with van der Waals surface area (Å²) < 4.78 is 67.9. The second-order valence-electron chi connectivity index (χ2n) is 22.7. The molecule has 0 heterocycles. The van der Waals surface area contributed by atoms with Gasteiger partial charge < -0.3 is 33.8 Å². The lowest BCUT2D eigenvalue weighted by Gasteiger charge is -2.21. The average Bonchev–Trinajstić information content (AvgIpc) is 1.09. The largest absolute Gasteiger partial charge is 0.472 e. The number of ether oxygens (including phenoxy) is 4. The van der Waals surface area contributed by atoms with Crippen LogP contribution in [0.2, 0.25) is 0 Å². The molecule has 0 radical (unpaired) electrons. The minimum Gasteiger partial charge on any atom is -0.461 e. The van der Waals surface area contributed by atoms with Crippen LogP contribution in [0.25, 0.3) is 0 Å². The normalized spacial score (nSPS) is 15.0. The van der Waals surface area contributed by atoms with Crippen LogP contribution in [0.4, 0.5) is 0 Å². The first-order valence-electron chi connectivity index (χ1n) is 35.4. The van der Waals surface area contributed by atoms with Crippen LogP contribution in [0.3, 0.4) is 0 Å². The van der Waals surface area contributed by atoms with Crippen LogP contribution in [0, 0.1) is 0 Å². The molecule has 5 atom stereocenters.